The van der Waals surface area contributed by atoms with Crippen molar-refractivity contribution < 1.29 is 19.3 Å². The van der Waals surface area contributed by atoms with Gasteiger partial charge in [0.25, 0.3) is 0 Å². The molecule has 1 aromatic rings. The predicted molar refractivity (Wildman–Crippen MR) is 75.2 cm³/mol. The van der Waals surface area contributed by atoms with Crippen LogP contribution in [0.3, 0.4) is 0 Å². The van der Waals surface area contributed by atoms with Crippen LogP contribution in [0.5, 0.6) is 11.5 Å². The van der Waals surface area contributed by atoms with Gasteiger partial charge in [-0.1, -0.05) is 6.92 Å². The zero-order chi connectivity index (χ0) is 14.7. The van der Waals surface area contributed by atoms with E-state index in [0.717, 1.165) is 11.1 Å². The van der Waals surface area contributed by atoms with E-state index in [1.54, 1.807) is 13.2 Å². The summed E-state index contributed by atoms with van der Waals surface area (Å²) in [4.78, 5) is 0. The van der Waals surface area contributed by atoms with Crippen LogP contribution in [0.15, 0.2) is 6.07 Å². The molecule has 4 atom stereocenters. The Balaban J connectivity index is 2.22. The first kappa shape index (κ1) is 13.7. The Morgan fingerprint density at radius 1 is 1.35 bits per heavy atom. The minimum atomic E-state index is -0.711. The summed E-state index contributed by atoms with van der Waals surface area (Å²) in [6.45, 7) is 8.07. The van der Waals surface area contributed by atoms with E-state index < -0.39 is 5.79 Å². The van der Waals surface area contributed by atoms with Crippen molar-refractivity contribution in [2.45, 2.75) is 58.0 Å². The smallest absolute Gasteiger partial charge is 0.210 e. The molecule has 3 rings (SSSR count). The van der Waals surface area contributed by atoms with Crippen molar-refractivity contribution in [3.63, 3.8) is 0 Å². The lowest BCUT2D eigenvalue weighted by Crippen LogP contribution is -2.43. The molecule has 20 heavy (non-hydrogen) atoms. The zero-order valence-corrected chi connectivity index (χ0v) is 12.7. The number of hydrogen-bond donors (Lipinski definition) is 1. The molecule has 2 heterocycles. The summed E-state index contributed by atoms with van der Waals surface area (Å²) in [6, 6.07) is 1.68. The number of ether oxygens (including phenoxy) is 3. The van der Waals surface area contributed by atoms with Gasteiger partial charge in [0.15, 0.2) is 0 Å². The molecule has 0 amide bonds. The van der Waals surface area contributed by atoms with E-state index in [-0.39, 0.29) is 23.9 Å². The maximum Gasteiger partial charge on any atom is 0.210 e. The summed E-state index contributed by atoms with van der Waals surface area (Å²) in [5, 5.41) is 10.2. The summed E-state index contributed by atoms with van der Waals surface area (Å²) >= 11 is 0. The van der Waals surface area contributed by atoms with Gasteiger partial charge in [-0.15, -0.1) is 0 Å². The normalized spacial score (nSPS) is 35.4. The molecule has 110 valence electrons. The second-order valence-corrected chi connectivity index (χ2v) is 6.11. The standard InChI is InChI=1S/C16H22O4/c1-8-10(3)19-13-7-16(4,18-5)20-12-6-11(17)9(2)14(8)15(12)13/h6,8,10,13,17H,7H2,1-5H3/t8?,10-,13-,16+/m0/s1. The van der Waals surface area contributed by atoms with E-state index in [1.165, 1.54) is 5.56 Å². The Bertz CT molecular complexity index is 554. The Morgan fingerprint density at radius 3 is 2.70 bits per heavy atom. The molecule has 1 unspecified atom stereocenters. The van der Waals surface area contributed by atoms with Crippen molar-refractivity contribution in [3.8, 4) is 11.5 Å². The van der Waals surface area contributed by atoms with Crippen LogP contribution in [0.25, 0.3) is 0 Å². The average Bonchev–Trinajstić information content (AvgIpc) is 2.39. The van der Waals surface area contributed by atoms with E-state index in [1.807, 2.05) is 13.8 Å². The van der Waals surface area contributed by atoms with E-state index in [9.17, 15) is 5.11 Å². The first-order chi connectivity index (χ1) is 9.36. The number of aromatic hydroxyl groups is 1. The van der Waals surface area contributed by atoms with Crippen molar-refractivity contribution in [3.05, 3.63) is 22.8 Å². The van der Waals surface area contributed by atoms with Gasteiger partial charge in [-0.05, 0) is 25.0 Å². The van der Waals surface area contributed by atoms with Crippen LogP contribution < -0.4 is 4.74 Å². The molecule has 4 heteroatoms. The third-order valence-corrected chi connectivity index (χ3v) is 4.79. The minimum absolute atomic E-state index is 0.0378. The molecule has 2 aliphatic heterocycles. The third kappa shape index (κ3) is 1.82. The van der Waals surface area contributed by atoms with Crippen molar-refractivity contribution in [1.29, 1.82) is 0 Å². The maximum absolute atomic E-state index is 10.2. The van der Waals surface area contributed by atoms with Gasteiger partial charge in [0, 0.05) is 38.0 Å². The molecule has 0 aliphatic carbocycles. The van der Waals surface area contributed by atoms with Crippen LogP contribution in [-0.4, -0.2) is 24.1 Å². The lowest BCUT2D eigenvalue weighted by molar-refractivity contribution is -0.197. The monoisotopic (exact) mass is 278 g/mol. The van der Waals surface area contributed by atoms with Crippen LogP contribution in [0.4, 0.5) is 0 Å². The highest BCUT2D eigenvalue weighted by molar-refractivity contribution is 5.56. The Kier molecular flexibility index (Phi) is 2.99. The second-order valence-electron chi connectivity index (χ2n) is 6.11. The largest absolute Gasteiger partial charge is 0.508 e. The molecule has 0 saturated heterocycles. The third-order valence-electron chi connectivity index (χ3n) is 4.79. The van der Waals surface area contributed by atoms with Crippen LogP contribution in [0.1, 0.15) is 55.9 Å². The van der Waals surface area contributed by atoms with Crippen LogP contribution in [0.2, 0.25) is 0 Å². The molecule has 1 aromatic carbocycles. The van der Waals surface area contributed by atoms with Gasteiger partial charge in [0.05, 0.1) is 12.2 Å². The predicted octanol–water partition coefficient (Wildman–Crippen LogP) is 3.41. The first-order valence-electron chi connectivity index (χ1n) is 7.12. The summed E-state index contributed by atoms with van der Waals surface area (Å²) in [7, 11) is 1.63. The Labute approximate surface area is 119 Å². The molecule has 0 radical (unpaired) electrons. The Morgan fingerprint density at radius 2 is 2.05 bits per heavy atom. The number of rotatable bonds is 1. The van der Waals surface area contributed by atoms with E-state index >= 15 is 0 Å². The van der Waals surface area contributed by atoms with Gasteiger partial charge in [-0.25, -0.2) is 0 Å². The van der Waals surface area contributed by atoms with Crippen LogP contribution in [0, 0.1) is 6.92 Å². The van der Waals surface area contributed by atoms with Crippen LogP contribution in [-0.2, 0) is 9.47 Å². The fraction of sp³-hybridized carbons (Fsp3) is 0.625. The molecule has 0 saturated carbocycles. The van der Waals surface area contributed by atoms with Gasteiger partial charge >= 0.3 is 0 Å². The van der Waals surface area contributed by atoms with Gasteiger partial charge in [0.1, 0.15) is 11.5 Å². The summed E-state index contributed by atoms with van der Waals surface area (Å²) < 4.78 is 17.6. The fourth-order valence-electron chi connectivity index (χ4n) is 3.35. The lowest BCUT2D eigenvalue weighted by atomic mass is 9.80. The molecular formula is C16H22O4. The van der Waals surface area contributed by atoms with Gasteiger partial charge in [0.2, 0.25) is 5.79 Å². The molecule has 0 bridgehead atoms. The molecule has 1 N–H and O–H groups in total. The lowest BCUT2D eigenvalue weighted by Gasteiger charge is -2.45. The van der Waals surface area contributed by atoms with Crippen LogP contribution >= 0.6 is 0 Å². The summed E-state index contributed by atoms with van der Waals surface area (Å²) in [5.74, 6) is 0.487. The number of hydrogen-bond acceptors (Lipinski definition) is 4. The summed E-state index contributed by atoms with van der Waals surface area (Å²) in [6.07, 6.45) is 0.731. The van der Waals surface area contributed by atoms with Crippen molar-refractivity contribution in [2.75, 3.05) is 7.11 Å². The minimum Gasteiger partial charge on any atom is -0.508 e. The Hall–Kier alpha value is -1.26. The van der Waals surface area contributed by atoms with Crippen molar-refractivity contribution in [1.82, 2.24) is 0 Å². The molecule has 2 aliphatic rings. The second kappa shape index (κ2) is 4.37. The number of phenols is 1. The topological polar surface area (TPSA) is 47.9 Å². The summed E-state index contributed by atoms with van der Waals surface area (Å²) in [5.41, 5.74) is 3.18. The van der Waals surface area contributed by atoms with Gasteiger partial charge < -0.3 is 19.3 Å². The van der Waals surface area contributed by atoms with Crippen molar-refractivity contribution in [2.24, 2.45) is 0 Å². The van der Waals surface area contributed by atoms with E-state index in [2.05, 4.69) is 13.8 Å². The molecule has 0 spiro atoms. The number of methoxy groups -OCH3 is 1. The molecule has 0 fully saturated rings. The van der Waals surface area contributed by atoms with Crippen molar-refractivity contribution >= 4 is 0 Å². The maximum atomic E-state index is 10.2. The van der Waals surface area contributed by atoms with Gasteiger partial charge in [-0.3, -0.25) is 0 Å². The average molecular weight is 278 g/mol. The van der Waals surface area contributed by atoms with E-state index in [4.69, 9.17) is 14.2 Å². The first-order valence-corrected chi connectivity index (χ1v) is 7.12. The molecular weight excluding hydrogens is 256 g/mol. The quantitative estimate of drug-likeness (QED) is 0.855. The molecule has 0 aromatic heterocycles. The zero-order valence-electron chi connectivity index (χ0n) is 12.7. The highest BCUT2D eigenvalue weighted by atomic mass is 16.7. The SMILES string of the molecule is CO[C@@]1(C)C[C@@H]2O[C@@H](C)C(C)c3c(C)c(O)cc(c32)O1. The fourth-order valence-corrected chi connectivity index (χ4v) is 3.35. The van der Waals surface area contributed by atoms with E-state index in [0.29, 0.717) is 12.2 Å². The highest BCUT2D eigenvalue weighted by Crippen LogP contribution is 2.52. The highest BCUT2D eigenvalue weighted by Gasteiger charge is 2.44. The number of phenolic OH excluding ortho intramolecular Hbond substituents is 1. The number of benzene rings is 1. The molecule has 4 nitrogen and oxygen atoms in total. The van der Waals surface area contributed by atoms with Gasteiger partial charge in [-0.2, -0.15) is 0 Å².